The van der Waals surface area contributed by atoms with Gasteiger partial charge in [-0.05, 0) is 37.1 Å². The van der Waals surface area contributed by atoms with Crippen molar-refractivity contribution >= 4 is 11.8 Å². The molecule has 26 heavy (non-hydrogen) atoms. The Balaban J connectivity index is 1.57. The van der Waals surface area contributed by atoms with Gasteiger partial charge in [-0.25, -0.2) is 4.79 Å². The van der Waals surface area contributed by atoms with Gasteiger partial charge in [-0.15, -0.1) is 0 Å². The predicted octanol–water partition coefficient (Wildman–Crippen LogP) is 3.92. The lowest BCUT2D eigenvalue weighted by Gasteiger charge is -2.26. The van der Waals surface area contributed by atoms with Crippen LogP contribution in [0.2, 0.25) is 0 Å². The Morgan fingerprint density at radius 2 is 1.85 bits per heavy atom. The number of amides is 1. The molecule has 0 aromatic heterocycles. The van der Waals surface area contributed by atoms with Crippen LogP contribution in [0.1, 0.15) is 39.0 Å². The van der Waals surface area contributed by atoms with E-state index in [9.17, 15) is 4.79 Å². The van der Waals surface area contributed by atoms with Gasteiger partial charge in [0.05, 0.1) is 26.4 Å². The highest BCUT2D eigenvalue weighted by Crippen LogP contribution is 2.16. The number of carbonyl (C=O) groups is 1. The highest BCUT2D eigenvalue weighted by atomic mass is 16.5. The van der Waals surface area contributed by atoms with Crippen LogP contribution in [-0.2, 0) is 9.47 Å². The van der Waals surface area contributed by atoms with Gasteiger partial charge in [0.25, 0.3) is 0 Å². The largest absolute Gasteiger partial charge is 0.494 e. The van der Waals surface area contributed by atoms with Crippen molar-refractivity contribution in [3.05, 3.63) is 24.3 Å². The third kappa shape index (κ3) is 8.54. The van der Waals surface area contributed by atoms with Gasteiger partial charge in [0.2, 0.25) is 0 Å². The Labute approximate surface area is 156 Å². The SMILES string of the molecule is CCCCCCOC(=O)Nc1ccc(OCCCN2CCOCC2)cc1. The van der Waals surface area contributed by atoms with Crippen LogP contribution in [0.5, 0.6) is 5.75 Å². The number of morpholine rings is 1. The van der Waals surface area contributed by atoms with Crippen molar-refractivity contribution in [3.8, 4) is 5.75 Å². The zero-order chi connectivity index (χ0) is 18.5. The van der Waals surface area contributed by atoms with Crippen molar-refractivity contribution in [2.75, 3.05) is 51.4 Å². The van der Waals surface area contributed by atoms with E-state index in [0.717, 1.165) is 57.9 Å². The third-order valence-corrected chi connectivity index (χ3v) is 4.32. The van der Waals surface area contributed by atoms with Crippen molar-refractivity contribution in [1.29, 1.82) is 0 Å². The van der Waals surface area contributed by atoms with Gasteiger partial charge in [-0.2, -0.15) is 0 Å². The molecule has 1 saturated heterocycles. The molecule has 0 aliphatic carbocycles. The molecule has 0 unspecified atom stereocenters. The Kier molecular flexibility index (Phi) is 9.90. The molecule has 1 fully saturated rings. The molecular weight excluding hydrogens is 332 g/mol. The predicted molar refractivity (Wildman–Crippen MR) is 103 cm³/mol. The fraction of sp³-hybridized carbons (Fsp3) is 0.650. The monoisotopic (exact) mass is 364 g/mol. The summed E-state index contributed by atoms with van der Waals surface area (Å²) in [6.07, 6.45) is 4.96. The Morgan fingerprint density at radius 1 is 1.08 bits per heavy atom. The minimum absolute atomic E-state index is 0.402. The smallest absolute Gasteiger partial charge is 0.411 e. The number of hydrogen-bond acceptors (Lipinski definition) is 5. The summed E-state index contributed by atoms with van der Waals surface area (Å²) in [5.41, 5.74) is 0.712. The third-order valence-electron chi connectivity index (χ3n) is 4.32. The van der Waals surface area contributed by atoms with Gasteiger partial charge < -0.3 is 14.2 Å². The van der Waals surface area contributed by atoms with E-state index in [1.807, 2.05) is 24.3 Å². The van der Waals surface area contributed by atoms with Crippen molar-refractivity contribution in [2.45, 2.75) is 39.0 Å². The molecule has 0 radical (unpaired) electrons. The quantitative estimate of drug-likeness (QED) is 0.603. The van der Waals surface area contributed by atoms with E-state index >= 15 is 0 Å². The second-order valence-corrected chi connectivity index (χ2v) is 6.50. The van der Waals surface area contributed by atoms with Gasteiger partial charge >= 0.3 is 6.09 Å². The molecule has 6 heteroatoms. The van der Waals surface area contributed by atoms with Crippen LogP contribution in [0, 0.1) is 0 Å². The fourth-order valence-corrected chi connectivity index (χ4v) is 2.79. The first-order valence-corrected chi connectivity index (χ1v) is 9.74. The van der Waals surface area contributed by atoms with Crippen molar-refractivity contribution in [3.63, 3.8) is 0 Å². The second kappa shape index (κ2) is 12.5. The van der Waals surface area contributed by atoms with E-state index in [2.05, 4.69) is 17.1 Å². The molecule has 1 aliphatic rings. The summed E-state index contributed by atoms with van der Waals surface area (Å²) < 4.78 is 16.3. The molecule has 1 aromatic carbocycles. The van der Waals surface area contributed by atoms with Gasteiger partial charge in [0, 0.05) is 25.3 Å². The summed E-state index contributed by atoms with van der Waals surface area (Å²) in [7, 11) is 0. The van der Waals surface area contributed by atoms with Crippen LogP contribution >= 0.6 is 0 Å². The number of benzene rings is 1. The maximum atomic E-state index is 11.7. The minimum atomic E-state index is -0.402. The Hall–Kier alpha value is -1.79. The molecule has 0 atom stereocenters. The minimum Gasteiger partial charge on any atom is -0.494 e. The van der Waals surface area contributed by atoms with E-state index in [1.165, 1.54) is 12.8 Å². The van der Waals surface area contributed by atoms with Crippen LogP contribution in [0.3, 0.4) is 0 Å². The molecule has 2 rings (SSSR count). The lowest BCUT2D eigenvalue weighted by molar-refractivity contribution is 0.0358. The first-order valence-electron chi connectivity index (χ1n) is 9.74. The summed E-state index contributed by atoms with van der Waals surface area (Å²) >= 11 is 0. The highest BCUT2D eigenvalue weighted by molar-refractivity contribution is 5.84. The maximum absolute atomic E-state index is 11.7. The maximum Gasteiger partial charge on any atom is 0.411 e. The molecule has 0 spiro atoms. The number of nitrogens with zero attached hydrogens (tertiary/aromatic N) is 1. The molecule has 1 aliphatic heterocycles. The second-order valence-electron chi connectivity index (χ2n) is 6.50. The zero-order valence-corrected chi connectivity index (χ0v) is 15.9. The standard InChI is InChI=1S/C20H32N2O4/c1-2-3-4-5-14-26-20(23)21-18-7-9-19(10-8-18)25-15-6-11-22-12-16-24-17-13-22/h7-10H,2-6,11-17H2,1H3,(H,21,23). The molecule has 146 valence electrons. The summed E-state index contributed by atoms with van der Waals surface area (Å²) in [6, 6.07) is 7.39. The van der Waals surface area contributed by atoms with Crippen LogP contribution < -0.4 is 10.1 Å². The van der Waals surface area contributed by atoms with Crippen LogP contribution in [0.15, 0.2) is 24.3 Å². The van der Waals surface area contributed by atoms with Gasteiger partial charge in [0.1, 0.15) is 5.75 Å². The summed E-state index contributed by atoms with van der Waals surface area (Å²) in [4.78, 5) is 14.1. The topological polar surface area (TPSA) is 60.0 Å². The van der Waals surface area contributed by atoms with E-state index in [4.69, 9.17) is 14.2 Å². The fourth-order valence-electron chi connectivity index (χ4n) is 2.79. The molecular formula is C20H32N2O4. The average Bonchev–Trinajstić information content (AvgIpc) is 2.67. The van der Waals surface area contributed by atoms with Gasteiger partial charge in [-0.3, -0.25) is 10.2 Å². The number of nitrogens with one attached hydrogen (secondary N) is 1. The van der Waals surface area contributed by atoms with E-state index < -0.39 is 6.09 Å². The van der Waals surface area contributed by atoms with Crippen molar-refractivity contribution in [1.82, 2.24) is 4.90 Å². The number of carbonyl (C=O) groups excluding carboxylic acids is 1. The van der Waals surface area contributed by atoms with Gasteiger partial charge in [-0.1, -0.05) is 26.2 Å². The van der Waals surface area contributed by atoms with Gasteiger partial charge in [0.15, 0.2) is 0 Å². The lowest BCUT2D eigenvalue weighted by Crippen LogP contribution is -2.37. The molecule has 1 amide bonds. The molecule has 1 N–H and O–H groups in total. The molecule has 1 aromatic rings. The van der Waals surface area contributed by atoms with Crippen molar-refractivity contribution in [2.24, 2.45) is 0 Å². The van der Waals surface area contributed by atoms with E-state index in [0.29, 0.717) is 18.9 Å². The number of rotatable bonds is 11. The number of unbranched alkanes of at least 4 members (excludes halogenated alkanes) is 3. The van der Waals surface area contributed by atoms with E-state index in [1.54, 1.807) is 0 Å². The molecule has 0 bridgehead atoms. The molecule has 1 heterocycles. The summed E-state index contributed by atoms with van der Waals surface area (Å²) in [5.74, 6) is 0.811. The van der Waals surface area contributed by atoms with E-state index in [-0.39, 0.29) is 0 Å². The average molecular weight is 364 g/mol. The van der Waals surface area contributed by atoms with Crippen LogP contribution in [-0.4, -0.2) is 57.1 Å². The highest BCUT2D eigenvalue weighted by Gasteiger charge is 2.09. The molecule has 0 saturated carbocycles. The van der Waals surface area contributed by atoms with Crippen LogP contribution in [0.25, 0.3) is 0 Å². The van der Waals surface area contributed by atoms with Crippen molar-refractivity contribution < 1.29 is 19.0 Å². The summed E-state index contributed by atoms with van der Waals surface area (Å²) in [6.45, 7) is 8.02. The number of ether oxygens (including phenoxy) is 3. The Morgan fingerprint density at radius 3 is 2.58 bits per heavy atom. The normalized spacial score (nSPS) is 14.8. The first-order chi connectivity index (χ1) is 12.8. The lowest BCUT2D eigenvalue weighted by atomic mass is 10.2. The Bertz CT molecular complexity index is 501. The zero-order valence-electron chi connectivity index (χ0n) is 15.9. The number of hydrogen-bond donors (Lipinski definition) is 1. The molecule has 6 nitrogen and oxygen atoms in total. The summed E-state index contributed by atoms with van der Waals surface area (Å²) in [5, 5.41) is 2.74. The number of anilines is 1. The van der Waals surface area contributed by atoms with Crippen LogP contribution in [0.4, 0.5) is 10.5 Å². The first kappa shape index (κ1) is 20.5.